The van der Waals surface area contributed by atoms with Gasteiger partial charge >= 0.3 is 0 Å². The van der Waals surface area contributed by atoms with Crippen LogP contribution in [0.15, 0.2) is 24.3 Å². The molecule has 10 aliphatic rings. The van der Waals surface area contributed by atoms with E-state index in [0.29, 0.717) is 30.2 Å². The van der Waals surface area contributed by atoms with Crippen LogP contribution in [0.1, 0.15) is 172 Å². The fourth-order valence-electron chi connectivity index (χ4n) is 12.2. The lowest BCUT2D eigenvalue weighted by atomic mass is 9.79. The molecular formula is C48H83N5O5. The molecule has 0 bridgehead atoms. The van der Waals surface area contributed by atoms with Crippen LogP contribution in [-0.2, 0) is 12.8 Å². The summed E-state index contributed by atoms with van der Waals surface area (Å²) in [6.07, 6.45) is 30.4. The van der Waals surface area contributed by atoms with Crippen molar-refractivity contribution in [3.63, 3.8) is 0 Å². The highest BCUT2D eigenvalue weighted by atomic mass is 16.3. The molecule has 10 N–H and O–H groups in total. The molecule has 5 aliphatic heterocycles. The Kier molecular flexibility index (Phi) is 15.7. The predicted molar refractivity (Wildman–Crippen MR) is 233 cm³/mol. The van der Waals surface area contributed by atoms with E-state index in [1.807, 2.05) is 0 Å². The Balaban J connectivity index is 0.000000111. The van der Waals surface area contributed by atoms with E-state index in [2.05, 4.69) is 50.8 Å². The van der Waals surface area contributed by atoms with Gasteiger partial charge in [0.05, 0.1) is 28.0 Å². The lowest BCUT2D eigenvalue weighted by Crippen LogP contribution is -2.48. The zero-order chi connectivity index (χ0) is 40.5. The van der Waals surface area contributed by atoms with E-state index in [4.69, 9.17) is 0 Å². The molecule has 5 aliphatic carbocycles. The molecule has 0 aromatic heterocycles. The first-order valence-electron chi connectivity index (χ1n) is 24.4. The summed E-state index contributed by atoms with van der Waals surface area (Å²) in [6, 6.07) is 10.3. The molecule has 10 nitrogen and oxygen atoms in total. The summed E-state index contributed by atoms with van der Waals surface area (Å²) >= 11 is 0. The van der Waals surface area contributed by atoms with Gasteiger partial charge in [-0.05, 0) is 159 Å². The maximum atomic E-state index is 10.6. The van der Waals surface area contributed by atoms with Crippen LogP contribution in [0.3, 0.4) is 0 Å². The highest BCUT2D eigenvalue weighted by molar-refractivity contribution is 5.36. The van der Waals surface area contributed by atoms with Crippen molar-refractivity contribution in [1.29, 1.82) is 0 Å². The van der Waals surface area contributed by atoms with E-state index in [0.717, 1.165) is 103 Å². The van der Waals surface area contributed by atoms with E-state index in [-0.39, 0.29) is 22.4 Å². The van der Waals surface area contributed by atoms with Crippen LogP contribution in [0.2, 0.25) is 0 Å². The van der Waals surface area contributed by atoms with E-state index in [1.54, 1.807) is 0 Å². The second kappa shape index (κ2) is 20.3. The van der Waals surface area contributed by atoms with E-state index < -0.39 is 5.60 Å². The molecule has 1 aromatic rings. The largest absolute Gasteiger partial charge is 0.388 e. The number of hydrogen-bond donors (Lipinski definition) is 10. The minimum absolute atomic E-state index is 0.281. The third-order valence-electron chi connectivity index (χ3n) is 16.1. The van der Waals surface area contributed by atoms with Gasteiger partial charge in [0.1, 0.15) is 0 Å². The molecule has 0 radical (unpaired) electrons. The van der Waals surface area contributed by atoms with Crippen LogP contribution in [0.5, 0.6) is 0 Å². The van der Waals surface area contributed by atoms with Crippen LogP contribution in [0.4, 0.5) is 0 Å². The Morgan fingerprint density at radius 1 is 0.328 bits per heavy atom. The van der Waals surface area contributed by atoms with E-state index >= 15 is 0 Å². The van der Waals surface area contributed by atoms with Crippen molar-refractivity contribution in [1.82, 2.24) is 26.6 Å². The van der Waals surface area contributed by atoms with E-state index in [1.165, 1.54) is 114 Å². The van der Waals surface area contributed by atoms with Crippen molar-refractivity contribution in [2.24, 2.45) is 0 Å². The lowest BCUT2D eigenvalue weighted by molar-refractivity contribution is -0.0250. The van der Waals surface area contributed by atoms with Gasteiger partial charge in [-0.25, -0.2) is 0 Å². The topological polar surface area (TPSA) is 161 Å². The average Bonchev–Trinajstić information content (AvgIpc) is 4.07. The third kappa shape index (κ3) is 11.4. The summed E-state index contributed by atoms with van der Waals surface area (Å²) in [7, 11) is 0. The molecule has 0 unspecified atom stereocenters. The van der Waals surface area contributed by atoms with Gasteiger partial charge in [-0.3, -0.25) is 0 Å². The van der Waals surface area contributed by atoms with Crippen molar-refractivity contribution in [2.45, 2.75) is 232 Å². The molecule has 5 atom stereocenters. The number of fused-ring (bicyclic) bond motifs is 1. The maximum Gasteiger partial charge on any atom is 0.0880 e. The number of nitrogens with one attached hydrogen (secondary N) is 5. The summed E-state index contributed by atoms with van der Waals surface area (Å²) in [6.45, 7) is 5.48. The Bertz CT molecular complexity index is 1300. The van der Waals surface area contributed by atoms with Crippen LogP contribution >= 0.6 is 0 Å². The van der Waals surface area contributed by atoms with Crippen LogP contribution in [-0.4, -0.2) is 116 Å². The van der Waals surface area contributed by atoms with Gasteiger partial charge in [-0.15, -0.1) is 0 Å². The standard InChI is InChI=1S/C13H17NO.C10H19NO.2C9H17NO.C7H13NO/c15-13(12-6-3-7-14-12)8-10-4-1-2-5-11(10)9-13;12-10(6-2-1-3-7-10)9-5-4-8-11-9;2*11-9(5-1-2-6-9)8-4-3-7-10-8;9-7(3-4-7)6-2-1-5-8-6/h1-2,4-5,12,14-15H,3,6-9H2;9,11-12H,1-8H2;2*8,10-11H,1-7H2;6,8-9H,1-5H2/t12-;9-;2*8-;6-/m00100/s1. The minimum atomic E-state index is -0.528. The number of hydrogen-bond acceptors (Lipinski definition) is 10. The molecule has 58 heavy (non-hydrogen) atoms. The number of rotatable bonds is 5. The van der Waals surface area contributed by atoms with Gasteiger partial charge in [0, 0.05) is 43.1 Å². The molecule has 330 valence electrons. The predicted octanol–water partition coefficient (Wildman–Crippen LogP) is 5.05. The van der Waals surface area contributed by atoms with Crippen LogP contribution in [0, 0.1) is 0 Å². The molecular weight excluding hydrogens is 727 g/mol. The zero-order valence-corrected chi connectivity index (χ0v) is 36.1. The average molecular weight is 810 g/mol. The first-order valence-corrected chi connectivity index (χ1v) is 24.4. The van der Waals surface area contributed by atoms with Gasteiger partial charge in [0.15, 0.2) is 0 Å². The van der Waals surface area contributed by atoms with Gasteiger partial charge < -0.3 is 52.1 Å². The second-order valence-corrected chi connectivity index (χ2v) is 20.4. The molecule has 5 heterocycles. The van der Waals surface area contributed by atoms with Crippen molar-refractivity contribution in [3.05, 3.63) is 35.4 Å². The summed E-state index contributed by atoms with van der Waals surface area (Å²) in [5.41, 5.74) is 0.820. The molecule has 4 saturated carbocycles. The first kappa shape index (κ1) is 44.9. The van der Waals surface area contributed by atoms with Crippen LogP contribution in [0.25, 0.3) is 0 Å². The smallest absolute Gasteiger partial charge is 0.0880 e. The Labute approximate surface area is 350 Å². The monoisotopic (exact) mass is 810 g/mol. The fraction of sp³-hybridized carbons (Fsp3) is 0.875. The number of benzene rings is 1. The highest BCUT2D eigenvalue weighted by Gasteiger charge is 2.48. The second-order valence-electron chi connectivity index (χ2n) is 20.4. The number of aliphatic hydroxyl groups is 5. The van der Waals surface area contributed by atoms with Crippen molar-refractivity contribution in [3.8, 4) is 0 Å². The summed E-state index contributed by atoms with van der Waals surface area (Å²) in [5.74, 6) is 0. The van der Waals surface area contributed by atoms with Gasteiger partial charge in [-0.2, -0.15) is 0 Å². The quantitative estimate of drug-likeness (QED) is 0.195. The Hall–Kier alpha value is -1.18. The zero-order valence-electron chi connectivity index (χ0n) is 36.1. The lowest BCUT2D eigenvalue weighted by Gasteiger charge is -2.37. The molecule has 11 rings (SSSR count). The highest BCUT2D eigenvalue weighted by Crippen LogP contribution is 2.41. The molecule has 5 saturated heterocycles. The molecule has 0 spiro atoms. The first-order chi connectivity index (χ1) is 28.0. The molecule has 0 amide bonds. The SMILES string of the molecule is OC1([C@@H]2CCCN2)CC1.OC1([C@@H]2CCCN2)CCCC1.OC1([C@@H]2CCCN2)CCCCC1.OC1([C@@H]2CCCN2)Cc2ccccc2C1.OC1([C@H]2CCCN2)CCCC1. The van der Waals surface area contributed by atoms with Crippen LogP contribution < -0.4 is 26.6 Å². The summed E-state index contributed by atoms with van der Waals surface area (Å²) in [4.78, 5) is 0. The van der Waals surface area contributed by atoms with Crippen molar-refractivity contribution >= 4 is 0 Å². The molecule has 1 aromatic carbocycles. The van der Waals surface area contributed by atoms with E-state index in [9.17, 15) is 25.5 Å². The van der Waals surface area contributed by atoms with Gasteiger partial charge in [-0.1, -0.05) is 69.2 Å². The Morgan fingerprint density at radius 2 is 0.586 bits per heavy atom. The molecule has 10 heteroatoms. The maximum absolute atomic E-state index is 10.6. The minimum Gasteiger partial charge on any atom is -0.388 e. The molecule has 9 fully saturated rings. The van der Waals surface area contributed by atoms with Gasteiger partial charge in [0.2, 0.25) is 0 Å². The fourth-order valence-corrected chi connectivity index (χ4v) is 12.2. The van der Waals surface area contributed by atoms with Gasteiger partial charge in [0.25, 0.3) is 0 Å². The van der Waals surface area contributed by atoms with Crippen molar-refractivity contribution < 1.29 is 25.5 Å². The Morgan fingerprint density at radius 3 is 0.845 bits per heavy atom. The summed E-state index contributed by atoms with van der Waals surface area (Å²) < 4.78 is 0. The normalized spacial score (nSPS) is 34.3. The summed E-state index contributed by atoms with van der Waals surface area (Å²) in [5, 5.41) is 67.7. The van der Waals surface area contributed by atoms with Crippen molar-refractivity contribution in [2.75, 3.05) is 32.7 Å². The third-order valence-corrected chi connectivity index (χ3v) is 16.1.